The lowest BCUT2D eigenvalue weighted by atomic mass is 9.82. The van der Waals surface area contributed by atoms with Crippen molar-refractivity contribution in [1.82, 2.24) is 4.90 Å². The van der Waals surface area contributed by atoms with E-state index in [0.717, 1.165) is 18.6 Å². The maximum atomic E-state index is 14.0. The van der Waals surface area contributed by atoms with Crippen LogP contribution in [-0.2, 0) is 19.9 Å². The fourth-order valence-electron chi connectivity index (χ4n) is 7.85. The van der Waals surface area contributed by atoms with E-state index in [4.69, 9.17) is 9.47 Å². The first-order valence-electron chi connectivity index (χ1n) is 15.6. The molecule has 10 heteroatoms. The highest BCUT2D eigenvalue weighted by Crippen LogP contribution is 2.59. The number of ether oxygens (including phenoxy) is 2. The summed E-state index contributed by atoms with van der Waals surface area (Å²) in [5.41, 5.74) is 0.945. The predicted molar refractivity (Wildman–Crippen MR) is 175 cm³/mol. The standard InChI is InChI=1S/C35H41N3O6Si/c1-22-32(45(3,4)27-15-13-26(43-2)14-16-27)30(20-31(40)38-18-8-11-25(38)21-39)44-35(22)28-19-24(12-17-29(28)37-34(35)42)36-33(41)23-9-6-5-7-10-23/h5-7,9-10,12-17,19,22,25,30,32,39H,8,11,18,20-21H2,1-4H3,(H,36,41)(H,37,42)/t22-,25-,30+,32-,35+/m0/s1. The molecular formula is C35H41N3O6Si. The number of nitrogens with zero attached hydrogens (tertiary/aromatic N) is 1. The molecule has 2 fully saturated rings. The minimum Gasteiger partial charge on any atom is -0.497 e. The van der Waals surface area contributed by atoms with Crippen molar-refractivity contribution < 1.29 is 29.0 Å². The number of rotatable bonds is 8. The molecule has 0 aromatic heterocycles. The second kappa shape index (κ2) is 12.1. The summed E-state index contributed by atoms with van der Waals surface area (Å²) in [7, 11) is -0.779. The van der Waals surface area contributed by atoms with Crippen LogP contribution in [-0.4, -0.2) is 68.2 Å². The Morgan fingerprint density at radius 3 is 2.53 bits per heavy atom. The molecule has 3 aromatic rings. The Morgan fingerprint density at radius 2 is 1.84 bits per heavy atom. The number of aliphatic hydroxyl groups is 1. The van der Waals surface area contributed by atoms with Gasteiger partial charge in [0.05, 0.1) is 40.4 Å². The van der Waals surface area contributed by atoms with Crippen LogP contribution in [0.1, 0.15) is 42.1 Å². The highest BCUT2D eigenvalue weighted by atomic mass is 28.3. The second-order valence-electron chi connectivity index (χ2n) is 13.0. The van der Waals surface area contributed by atoms with Gasteiger partial charge in [-0.3, -0.25) is 14.4 Å². The minimum absolute atomic E-state index is 0.0622. The SMILES string of the molecule is COc1ccc([Si](C)(C)[C@@H]2[C@@H](CC(=O)N3CCC[C@H]3CO)O[C@]3(C(=O)Nc4ccc(NC(=O)c5ccccc5)cc43)[C@H]2C)cc1. The molecule has 3 aliphatic rings. The number of carbonyl (C=O) groups is 3. The summed E-state index contributed by atoms with van der Waals surface area (Å²) in [5.74, 6) is -0.0905. The Bertz CT molecular complexity index is 1600. The van der Waals surface area contributed by atoms with Gasteiger partial charge in [-0.25, -0.2) is 0 Å². The van der Waals surface area contributed by atoms with Crippen molar-refractivity contribution >= 4 is 42.4 Å². The second-order valence-corrected chi connectivity index (χ2v) is 17.6. The van der Waals surface area contributed by atoms with Gasteiger partial charge in [0.1, 0.15) is 5.75 Å². The third-order valence-electron chi connectivity index (χ3n) is 10.2. The number of aliphatic hydroxyl groups excluding tert-OH is 1. The van der Waals surface area contributed by atoms with Crippen LogP contribution in [0.25, 0.3) is 0 Å². The molecule has 236 valence electrons. The molecule has 0 aliphatic carbocycles. The number of hydrogen-bond donors (Lipinski definition) is 3. The summed E-state index contributed by atoms with van der Waals surface area (Å²) in [6.07, 6.45) is 1.21. The summed E-state index contributed by atoms with van der Waals surface area (Å²) in [6.45, 7) is 7.14. The van der Waals surface area contributed by atoms with Gasteiger partial charge in [0.15, 0.2) is 5.60 Å². The molecule has 45 heavy (non-hydrogen) atoms. The number of likely N-dealkylation sites (tertiary alicyclic amines) is 1. The number of benzene rings is 3. The van der Waals surface area contributed by atoms with Crippen molar-refractivity contribution in [2.24, 2.45) is 5.92 Å². The Hall–Kier alpha value is -3.99. The van der Waals surface area contributed by atoms with E-state index >= 15 is 0 Å². The van der Waals surface area contributed by atoms with Gasteiger partial charge in [0, 0.05) is 35.0 Å². The zero-order chi connectivity index (χ0) is 31.9. The lowest BCUT2D eigenvalue weighted by molar-refractivity contribution is -0.148. The zero-order valence-electron chi connectivity index (χ0n) is 26.2. The van der Waals surface area contributed by atoms with Gasteiger partial charge in [0.25, 0.3) is 11.8 Å². The molecule has 0 unspecified atom stereocenters. The smallest absolute Gasteiger partial charge is 0.261 e. The van der Waals surface area contributed by atoms with Crippen molar-refractivity contribution in [3.8, 4) is 5.75 Å². The normalized spacial score (nSPS) is 25.7. The Morgan fingerprint density at radius 1 is 1.11 bits per heavy atom. The molecule has 3 N–H and O–H groups in total. The third-order valence-corrected chi connectivity index (χ3v) is 14.5. The fraction of sp³-hybridized carbons (Fsp3) is 0.400. The Kier molecular flexibility index (Phi) is 8.32. The van der Waals surface area contributed by atoms with E-state index in [1.165, 1.54) is 5.19 Å². The lowest BCUT2D eigenvalue weighted by Crippen LogP contribution is -2.52. The molecule has 0 radical (unpaired) electrons. The van der Waals surface area contributed by atoms with E-state index < -0.39 is 19.8 Å². The molecule has 3 heterocycles. The summed E-state index contributed by atoms with van der Waals surface area (Å²) < 4.78 is 12.4. The van der Waals surface area contributed by atoms with Crippen LogP contribution in [0.3, 0.4) is 0 Å². The van der Waals surface area contributed by atoms with Gasteiger partial charge in [0.2, 0.25) is 5.91 Å². The predicted octanol–water partition coefficient (Wildman–Crippen LogP) is 4.49. The van der Waals surface area contributed by atoms with Gasteiger partial charge in [-0.1, -0.05) is 55.5 Å². The van der Waals surface area contributed by atoms with E-state index in [2.05, 4.69) is 42.8 Å². The average Bonchev–Trinajstić information content (AvgIpc) is 3.72. The Balaban J connectivity index is 1.39. The third kappa shape index (κ3) is 5.34. The molecule has 3 aromatic carbocycles. The van der Waals surface area contributed by atoms with Crippen LogP contribution in [0, 0.1) is 5.92 Å². The molecule has 6 rings (SSSR count). The van der Waals surface area contributed by atoms with Gasteiger partial charge >= 0.3 is 0 Å². The van der Waals surface area contributed by atoms with E-state index in [9.17, 15) is 19.5 Å². The van der Waals surface area contributed by atoms with Crippen LogP contribution in [0.2, 0.25) is 18.6 Å². The van der Waals surface area contributed by atoms with Crippen molar-refractivity contribution in [3.05, 3.63) is 83.9 Å². The topological polar surface area (TPSA) is 117 Å². The summed E-state index contributed by atoms with van der Waals surface area (Å²) in [5, 5.41) is 17.1. The van der Waals surface area contributed by atoms with Crippen LogP contribution in [0.4, 0.5) is 11.4 Å². The monoisotopic (exact) mass is 627 g/mol. The minimum atomic E-state index is -2.42. The zero-order valence-corrected chi connectivity index (χ0v) is 27.2. The number of amides is 3. The molecule has 2 saturated heterocycles. The molecule has 1 spiro atoms. The first kappa shape index (κ1) is 31.0. The molecule has 0 saturated carbocycles. The molecule has 9 nitrogen and oxygen atoms in total. The van der Waals surface area contributed by atoms with Crippen molar-refractivity contribution in [3.63, 3.8) is 0 Å². The number of nitrogens with one attached hydrogen (secondary N) is 2. The molecule has 0 bridgehead atoms. The van der Waals surface area contributed by atoms with Crippen LogP contribution in [0.15, 0.2) is 72.8 Å². The maximum Gasteiger partial charge on any atom is 0.261 e. The van der Waals surface area contributed by atoms with E-state index in [-0.39, 0.29) is 48.3 Å². The highest BCUT2D eigenvalue weighted by molar-refractivity contribution is 6.91. The van der Waals surface area contributed by atoms with Gasteiger partial charge in [-0.15, -0.1) is 0 Å². The van der Waals surface area contributed by atoms with Gasteiger partial charge in [-0.05, 0) is 60.8 Å². The number of carbonyl (C=O) groups excluding carboxylic acids is 3. The number of anilines is 2. The largest absolute Gasteiger partial charge is 0.497 e. The average molecular weight is 628 g/mol. The van der Waals surface area contributed by atoms with E-state index in [1.54, 1.807) is 36.3 Å². The maximum absolute atomic E-state index is 14.0. The molecule has 3 aliphatic heterocycles. The van der Waals surface area contributed by atoms with Crippen molar-refractivity contribution in [2.75, 3.05) is 30.9 Å². The van der Waals surface area contributed by atoms with Crippen LogP contribution < -0.4 is 20.6 Å². The van der Waals surface area contributed by atoms with Gasteiger partial charge < -0.3 is 30.1 Å². The van der Waals surface area contributed by atoms with Crippen molar-refractivity contribution in [1.29, 1.82) is 0 Å². The van der Waals surface area contributed by atoms with E-state index in [1.807, 2.05) is 36.4 Å². The molecule has 5 atom stereocenters. The first-order valence-corrected chi connectivity index (χ1v) is 18.7. The summed E-state index contributed by atoms with van der Waals surface area (Å²) in [6, 6.07) is 22.3. The summed E-state index contributed by atoms with van der Waals surface area (Å²) in [4.78, 5) is 42.6. The number of methoxy groups -OCH3 is 1. The lowest BCUT2D eigenvalue weighted by Gasteiger charge is -2.37. The number of hydrogen-bond acceptors (Lipinski definition) is 6. The quantitative estimate of drug-likeness (QED) is 0.317. The van der Waals surface area contributed by atoms with E-state index in [0.29, 0.717) is 29.0 Å². The van der Waals surface area contributed by atoms with Gasteiger partial charge in [-0.2, -0.15) is 0 Å². The van der Waals surface area contributed by atoms with Crippen LogP contribution >= 0.6 is 0 Å². The summed E-state index contributed by atoms with van der Waals surface area (Å²) >= 11 is 0. The highest BCUT2D eigenvalue weighted by Gasteiger charge is 2.65. The van der Waals surface area contributed by atoms with Crippen molar-refractivity contribution in [2.45, 2.75) is 62.6 Å². The molecular weight excluding hydrogens is 586 g/mol. The molecule has 3 amide bonds. The fourth-order valence-corrected chi connectivity index (χ4v) is 11.9. The first-order chi connectivity index (χ1) is 21.6. The number of fused-ring (bicyclic) bond motifs is 2. The van der Waals surface area contributed by atoms with Crippen LogP contribution in [0.5, 0.6) is 5.75 Å². The Labute approximate surface area is 264 Å².